The minimum absolute atomic E-state index is 0.544. The number of furan rings is 2. The first-order valence-electron chi connectivity index (χ1n) is 17.1. The summed E-state index contributed by atoms with van der Waals surface area (Å²) in [5.41, 5.74) is 11.2. The second-order valence-corrected chi connectivity index (χ2v) is 13.0. The van der Waals surface area contributed by atoms with Crippen LogP contribution in [0.25, 0.3) is 105 Å². The molecule has 0 fully saturated rings. The Balaban J connectivity index is 1.19. The van der Waals surface area contributed by atoms with E-state index in [1.165, 1.54) is 11.1 Å². The van der Waals surface area contributed by atoms with Gasteiger partial charge in [0.05, 0.1) is 22.1 Å². The smallest absolute Gasteiger partial charge is 0.231 e. The maximum absolute atomic E-state index is 6.53. The Morgan fingerprint density at radius 1 is 0.431 bits per heavy atom. The minimum atomic E-state index is 0.544. The molecule has 11 rings (SSSR count). The van der Waals surface area contributed by atoms with E-state index >= 15 is 0 Å². The summed E-state index contributed by atoms with van der Waals surface area (Å²) in [5.74, 6) is 0.589. The fourth-order valence-corrected chi connectivity index (χ4v) is 7.71. The lowest BCUT2D eigenvalue weighted by atomic mass is 10.0. The molecule has 238 valence electrons. The van der Waals surface area contributed by atoms with Crippen LogP contribution in [0.3, 0.4) is 0 Å². The molecule has 0 aliphatic carbocycles. The van der Waals surface area contributed by atoms with Crippen molar-refractivity contribution in [3.63, 3.8) is 0 Å². The van der Waals surface area contributed by atoms with Crippen LogP contribution in [0.15, 0.2) is 173 Å². The molecule has 0 amide bonds. The number of hydrogen-bond acceptors (Lipinski definition) is 4. The predicted molar refractivity (Wildman–Crippen MR) is 207 cm³/mol. The summed E-state index contributed by atoms with van der Waals surface area (Å²) in [4.78, 5) is 10.5. The summed E-state index contributed by atoms with van der Waals surface area (Å²) in [5, 5.41) is 6.25. The fourth-order valence-electron chi connectivity index (χ4n) is 7.71. The Bertz CT molecular complexity index is 3130. The van der Waals surface area contributed by atoms with Gasteiger partial charge in [0.25, 0.3) is 0 Å². The molecule has 5 heteroatoms. The van der Waals surface area contributed by atoms with E-state index in [2.05, 4.69) is 132 Å². The van der Waals surface area contributed by atoms with E-state index in [0.717, 1.165) is 82.6 Å². The second-order valence-electron chi connectivity index (χ2n) is 13.0. The van der Waals surface area contributed by atoms with Gasteiger partial charge in [-0.05, 0) is 71.8 Å². The van der Waals surface area contributed by atoms with Gasteiger partial charge in [0.2, 0.25) is 5.71 Å². The highest BCUT2D eigenvalue weighted by atomic mass is 16.3. The Morgan fingerprint density at radius 3 is 1.84 bits per heavy atom. The average molecular weight is 654 g/mol. The van der Waals surface area contributed by atoms with Crippen molar-refractivity contribution in [2.75, 3.05) is 0 Å². The van der Waals surface area contributed by atoms with E-state index in [-0.39, 0.29) is 0 Å². The van der Waals surface area contributed by atoms with Crippen LogP contribution in [0.5, 0.6) is 0 Å². The van der Waals surface area contributed by atoms with Gasteiger partial charge < -0.3 is 13.4 Å². The van der Waals surface area contributed by atoms with Crippen molar-refractivity contribution in [1.29, 1.82) is 0 Å². The van der Waals surface area contributed by atoms with Gasteiger partial charge in [-0.2, -0.15) is 4.98 Å². The average Bonchev–Trinajstić information content (AvgIpc) is 3.87. The molecule has 0 N–H and O–H groups in total. The third-order valence-corrected chi connectivity index (χ3v) is 10.0. The molecular formula is C46H27N3O2. The minimum Gasteiger partial charge on any atom is -0.455 e. The molecule has 0 saturated carbocycles. The van der Waals surface area contributed by atoms with Crippen LogP contribution in [0.2, 0.25) is 0 Å². The van der Waals surface area contributed by atoms with Gasteiger partial charge in [0.15, 0.2) is 5.82 Å². The van der Waals surface area contributed by atoms with E-state index in [1.807, 2.05) is 36.4 Å². The van der Waals surface area contributed by atoms with Crippen molar-refractivity contribution in [1.82, 2.24) is 14.5 Å². The van der Waals surface area contributed by atoms with Crippen molar-refractivity contribution in [3.05, 3.63) is 164 Å². The van der Waals surface area contributed by atoms with Crippen molar-refractivity contribution in [3.8, 4) is 39.5 Å². The van der Waals surface area contributed by atoms with Crippen LogP contribution < -0.4 is 0 Å². The number of hydrogen-bond donors (Lipinski definition) is 0. The SMILES string of the molecule is c1ccc(-c2ccc3c(c2)c2cc(-c4nc(-c5cccc6c5oc5ccccc56)c5c(n4)oc4ccccc45)ccc2n3-c2ccccc2)cc1. The molecule has 0 radical (unpaired) electrons. The van der Waals surface area contributed by atoms with Gasteiger partial charge in [-0.3, -0.25) is 0 Å². The first kappa shape index (κ1) is 27.9. The molecule has 0 saturated heterocycles. The lowest BCUT2D eigenvalue weighted by Gasteiger charge is -2.09. The molecule has 0 unspecified atom stereocenters. The maximum atomic E-state index is 6.53. The summed E-state index contributed by atoms with van der Waals surface area (Å²) < 4.78 is 15.3. The summed E-state index contributed by atoms with van der Waals surface area (Å²) in [6, 6.07) is 56.8. The van der Waals surface area contributed by atoms with Gasteiger partial charge in [0.1, 0.15) is 16.7 Å². The molecule has 0 aliphatic heterocycles. The number of aromatic nitrogens is 3. The van der Waals surface area contributed by atoms with Crippen LogP contribution >= 0.6 is 0 Å². The molecule has 0 bridgehead atoms. The van der Waals surface area contributed by atoms with E-state index in [9.17, 15) is 0 Å². The van der Waals surface area contributed by atoms with Crippen LogP contribution in [0.1, 0.15) is 0 Å². The number of para-hydroxylation sites is 4. The highest BCUT2D eigenvalue weighted by Gasteiger charge is 2.22. The van der Waals surface area contributed by atoms with Crippen molar-refractivity contribution >= 4 is 65.8 Å². The third-order valence-electron chi connectivity index (χ3n) is 10.0. The largest absolute Gasteiger partial charge is 0.455 e. The van der Waals surface area contributed by atoms with Crippen LogP contribution in [0.4, 0.5) is 0 Å². The van der Waals surface area contributed by atoms with Gasteiger partial charge in [-0.15, -0.1) is 0 Å². The Morgan fingerprint density at radius 2 is 1.06 bits per heavy atom. The molecule has 4 heterocycles. The van der Waals surface area contributed by atoms with Crippen LogP contribution in [-0.4, -0.2) is 14.5 Å². The summed E-state index contributed by atoms with van der Waals surface area (Å²) in [6.45, 7) is 0. The predicted octanol–water partition coefficient (Wildman–Crippen LogP) is 12.4. The van der Waals surface area contributed by atoms with Crippen molar-refractivity contribution in [2.45, 2.75) is 0 Å². The topological polar surface area (TPSA) is 57.0 Å². The lowest BCUT2D eigenvalue weighted by Crippen LogP contribution is -1.95. The van der Waals surface area contributed by atoms with E-state index < -0.39 is 0 Å². The number of fused-ring (bicyclic) bond motifs is 9. The lowest BCUT2D eigenvalue weighted by molar-refractivity contribution is 0.653. The first-order chi connectivity index (χ1) is 25.3. The Hall–Kier alpha value is -6.98. The molecule has 7 aromatic carbocycles. The summed E-state index contributed by atoms with van der Waals surface area (Å²) in [6.07, 6.45) is 0. The molecular weight excluding hydrogens is 627 g/mol. The molecule has 51 heavy (non-hydrogen) atoms. The summed E-state index contributed by atoms with van der Waals surface area (Å²) in [7, 11) is 0. The van der Waals surface area contributed by atoms with Crippen molar-refractivity contribution in [2.24, 2.45) is 0 Å². The van der Waals surface area contributed by atoms with Crippen LogP contribution in [-0.2, 0) is 0 Å². The number of rotatable bonds is 4. The van der Waals surface area contributed by atoms with Crippen LogP contribution in [0, 0.1) is 0 Å². The molecule has 11 aromatic rings. The Kier molecular flexibility index (Phi) is 5.89. The highest BCUT2D eigenvalue weighted by Crippen LogP contribution is 2.42. The molecule has 0 spiro atoms. The highest BCUT2D eigenvalue weighted by molar-refractivity contribution is 6.16. The number of nitrogens with zero attached hydrogens (tertiary/aromatic N) is 3. The van der Waals surface area contributed by atoms with Gasteiger partial charge in [-0.25, -0.2) is 4.98 Å². The molecule has 4 aromatic heterocycles. The fraction of sp³-hybridized carbons (Fsp3) is 0. The van der Waals surface area contributed by atoms with E-state index in [4.69, 9.17) is 18.8 Å². The zero-order valence-electron chi connectivity index (χ0n) is 27.2. The summed E-state index contributed by atoms with van der Waals surface area (Å²) >= 11 is 0. The zero-order chi connectivity index (χ0) is 33.5. The standard InChI is InChI=1S/C46H27N3O2/c1-3-12-28(13-4-1)29-22-24-38-36(26-29)37-27-30(23-25-39(37)49(38)31-14-5-2-6-15-31)45-47-43(42-34-17-8-10-21-41(34)51-46(42)48-45)35-19-11-18-33-32-16-7-9-20-40(32)50-44(33)35/h1-27H. The number of benzene rings is 7. The maximum Gasteiger partial charge on any atom is 0.231 e. The van der Waals surface area contributed by atoms with Gasteiger partial charge in [0, 0.05) is 43.7 Å². The second kappa shape index (κ2) is 10.8. The van der Waals surface area contributed by atoms with Gasteiger partial charge >= 0.3 is 0 Å². The molecule has 0 aliphatic rings. The quantitative estimate of drug-likeness (QED) is 0.190. The third kappa shape index (κ3) is 4.22. The van der Waals surface area contributed by atoms with E-state index in [1.54, 1.807) is 0 Å². The molecule has 0 atom stereocenters. The first-order valence-corrected chi connectivity index (χ1v) is 17.1. The van der Waals surface area contributed by atoms with Crippen molar-refractivity contribution < 1.29 is 8.83 Å². The van der Waals surface area contributed by atoms with Gasteiger partial charge in [-0.1, -0.05) is 103 Å². The molecule has 5 nitrogen and oxygen atoms in total. The zero-order valence-corrected chi connectivity index (χ0v) is 27.2. The normalized spacial score (nSPS) is 11.9. The van der Waals surface area contributed by atoms with E-state index in [0.29, 0.717) is 11.5 Å². The monoisotopic (exact) mass is 653 g/mol. The Labute approximate surface area is 291 Å².